The minimum absolute atomic E-state index is 0.182. The number of carbonyl (C=O) groups excluding carboxylic acids is 2. The highest BCUT2D eigenvalue weighted by Gasteiger charge is 2.48. The SMILES string of the molecule is CN(C)CCCN1CC2(CCC1=O)CCN(C(=O)[C@@H]1C[C@H]1c1ccccc1)CC2. The number of nitrogens with zero attached hydrogens (tertiary/aromatic N) is 3. The van der Waals surface area contributed by atoms with E-state index in [0.29, 0.717) is 24.2 Å². The van der Waals surface area contributed by atoms with Gasteiger partial charge in [0.25, 0.3) is 0 Å². The molecule has 158 valence electrons. The molecular formula is C24H35N3O2. The Morgan fingerprint density at radius 1 is 1.14 bits per heavy atom. The van der Waals surface area contributed by atoms with Crippen molar-refractivity contribution in [2.45, 2.75) is 44.4 Å². The number of hydrogen-bond acceptors (Lipinski definition) is 3. The molecule has 2 aliphatic heterocycles. The highest BCUT2D eigenvalue weighted by molar-refractivity contribution is 5.83. The van der Waals surface area contributed by atoms with Gasteiger partial charge in [-0.3, -0.25) is 9.59 Å². The van der Waals surface area contributed by atoms with Crippen LogP contribution < -0.4 is 0 Å². The molecule has 29 heavy (non-hydrogen) atoms. The summed E-state index contributed by atoms with van der Waals surface area (Å²) in [6.45, 7) is 4.48. The molecule has 2 atom stereocenters. The molecule has 0 N–H and O–H groups in total. The molecule has 0 unspecified atom stereocenters. The summed E-state index contributed by atoms with van der Waals surface area (Å²) < 4.78 is 0. The normalized spacial score (nSPS) is 26.2. The molecule has 0 bridgehead atoms. The van der Waals surface area contributed by atoms with Gasteiger partial charge in [0.15, 0.2) is 0 Å². The molecular weight excluding hydrogens is 362 g/mol. The second-order valence-corrected chi connectivity index (χ2v) is 9.66. The fourth-order valence-corrected chi connectivity index (χ4v) is 5.26. The maximum Gasteiger partial charge on any atom is 0.226 e. The van der Waals surface area contributed by atoms with Crippen LogP contribution in [-0.4, -0.2) is 73.3 Å². The molecule has 1 aliphatic carbocycles. The predicted molar refractivity (Wildman–Crippen MR) is 115 cm³/mol. The van der Waals surface area contributed by atoms with E-state index in [2.05, 4.69) is 53.1 Å². The fraction of sp³-hybridized carbons (Fsp3) is 0.667. The highest BCUT2D eigenvalue weighted by Crippen LogP contribution is 2.49. The monoisotopic (exact) mass is 397 g/mol. The van der Waals surface area contributed by atoms with Gasteiger partial charge in [0.2, 0.25) is 11.8 Å². The van der Waals surface area contributed by atoms with Gasteiger partial charge in [0.05, 0.1) is 0 Å². The Morgan fingerprint density at radius 3 is 2.55 bits per heavy atom. The Labute approximate surface area is 175 Å². The average Bonchev–Trinajstić information content (AvgIpc) is 3.52. The van der Waals surface area contributed by atoms with Gasteiger partial charge in [-0.15, -0.1) is 0 Å². The third-order valence-corrected chi connectivity index (χ3v) is 7.25. The van der Waals surface area contributed by atoms with E-state index < -0.39 is 0 Å². The average molecular weight is 398 g/mol. The molecule has 1 saturated carbocycles. The van der Waals surface area contributed by atoms with E-state index in [9.17, 15) is 9.59 Å². The van der Waals surface area contributed by atoms with E-state index >= 15 is 0 Å². The Balaban J connectivity index is 1.28. The third-order valence-electron chi connectivity index (χ3n) is 7.25. The van der Waals surface area contributed by atoms with Crippen molar-refractivity contribution in [1.82, 2.24) is 14.7 Å². The Bertz CT molecular complexity index is 725. The first-order valence-electron chi connectivity index (χ1n) is 11.2. The largest absolute Gasteiger partial charge is 0.342 e. The number of amides is 2. The second-order valence-electron chi connectivity index (χ2n) is 9.66. The van der Waals surface area contributed by atoms with Crippen LogP contribution in [0.3, 0.4) is 0 Å². The molecule has 1 aromatic carbocycles. The van der Waals surface area contributed by atoms with Crippen molar-refractivity contribution in [1.29, 1.82) is 0 Å². The molecule has 3 fully saturated rings. The van der Waals surface area contributed by atoms with E-state index in [0.717, 1.165) is 64.8 Å². The molecule has 3 aliphatic rings. The minimum Gasteiger partial charge on any atom is -0.342 e. The van der Waals surface area contributed by atoms with Gasteiger partial charge in [-0.2, -0.15) is 0 Å². The van der Waals surface area contributed by atoms with Crippen molar-refractivity contribution in [3.05, 3.63) is 35.9 Å². The van der Waals surface area contributed by atoms with E-state index in [1.54, 1.807) is 0 Å². The number of carbonyl (C=O) groups is 2. The first-order chi connectivity index (χ1) is 14.0. The number of rotatable bonds is 6. The first-order valence-corrected chi connectivity index (χ1v) is 11.2. The van der Waals surface area contributed by atoms with Crippen molar-refractivity contribution >= 4 is 11.8 Å². The van der Waals surface area contributed by atoms with Gasteiger partial charge in [-0.25, -0.2) is 0 Å². The lowest BCUT2D eigenvalue weighted by atomic mass is 9.72. The van der Waals surface area contributed by atoms with Gasteiger partial charge in [0, 0.05) is 38.5 Å². The summed E-state index contributed by atoms with van der Waals surface area (Å²) in [4.78, 5) is 31.8. The zero-order chi connectivity index (χ0) is 20.4. The predicted octanol–water partition coefficient (Wildman–Crippen LogP) is 2.97. The van der Waals surface area contributed by atoms with E-state index in [1.807, 2.05) is 6.07 Å². The van der Waals surface area contributed by atoms with Crippen LogP contribution in [0.5, 0.6) is 0 Å². The van der Waals surface area contributed by atoms with Gasteiger partial charge < -0.3 is 14.7 Å². The van der Waals surface area contributed by atoms with Crippen LogP contribution in [0.15, 0.2) is 30.3 Å². The van der Waals surface area contributed by atoms with Crippen LogP contribution in [0, 0.1) is 11.3 Å². The number of likely N-dealkylation sites (tertiary alicyclic amines) is 2. The van der Waals surface area contributed by atoms with Gasteiger partial charge in [0.1, 0.15) is 0 Å². The summed E-state index contributed by atoms with van der Waals surface area (Å²) in [5.41, 5.74) is 1.53. The fourth-order valence-electron chi connectivity index (χ4n) is 5.26. The first kappa shape index (κ1) is 20.4. The smallest absolute Gasteiger partial charge is 0.226 e. The van der Waals surface area contributed by atoms with Crippen LogP contribution >= 0.6 is 0 Å². The number of piperidine rings is 2. The molecule has 4 rings (SSSR count). The molecule has 0 radical (unpaired) electrons. The second kappa shape index (κ2) is 8.47. The van der Waals surface area contributed by atoms with Crippen molar-refractivity contribution in [2.24, 2.45) is 11.3 Å². The summed E-state index contributed by atoms with van der Waals surface area (Å²) in [5.74, 6) is 1.26. The number of benzene rings is 1. The molecule has 2 amide bonds. The lowest BCUT2D eigenvalue weighted by Crippen LogP contribution is -2.52. The maximum absolute atomic E-state index is 13.0. The molecule has 5 heteroatoms. The molecule has 1 aromatic rings. The van der Waals surface area contributed by atoms with Gasteiger partial charge in [-0.1, -0.05) is 30.3 Å². The molecule has 1 spiro atoms. The maximum atomic E-state index is 13.0. The third kappa shape index (κ3) is 4.66. The Hall–Kier alpha value is -1.88. The molecule has 2 heterocycles. The lowest BCUT2D eigenvalue weighted by molar-refractivity contribution is -0.143. The van der Waals surface area contributed by atoms with Crippen molar-refractivity contribution in [3.8, 4) is 0 Å². The van der Waals surface area contributed by atoms with Crippen LogP contribution in [0.4, 0.5) is 0 Å². The summed E-state index contributed by atoms with van der Waals surface area (Å²) in [6.07, 6.45) is 5.78. The van der Waals surface area contributed by atoms with Crippen LogP contribution in [0.1, 0.15) is 50.0 Å². The summed E-state index contributed by atoms with van der Waals surface area (Å²) >= 11 is 0. The van der Waals surface area contributed by atoms with Crippen molar-refractivity contribution in [3.63, 3.8) is 0 Å². The summed E-state index contributed by atoms with van der Waals surface area (Å²) in [5, 5.41) is 0. The van der Waals surface area contributed by atoms with E-state index in [4.69, 9.17) is 0 Å². The van der Waals surface area contributed by atoms with E-state index in [1.165, 1.54) is 5.56 Å². The summed E-state index contributed by atoms with van der Waals surface area (Å²) in [7, 11) is 4.16. The van der Waals surface area contributed by atoms with Gasteiger partial charge in [-0.05, 0) is 69.6 Å². The lowest BCUT2D eigenvalue weighted by Gasteiger charge is -2.47. The zero-order valence-electron chi connectivity index (χ0n) is 18.0. The Morgan fingerprint density at radius 2 is 1.86 bits per heavy atom. The van der Waals surface area contributed by atoms with Crippen molar-refractivity contribution in [2.75, 3.05) is 46.8 Å². The van der Waals surface area contributed by atoms with Crippen LogP contribution in [-0.2, 0) is 9.59 Å². The Kier molecular flexibility index (Phi) is 5.95. The van der Waals surface area contributed by atoms with Crippen LogP contribution in [0.2, 0.25) is 0 Å². The topological polar surface area (TPSA) is 43.9 Å². The quantitative estimate of drug-likeness (QED) is 0.741. The minimum atomic E-state index is 0.182. The summed E-state index contributed by atoms with van der Waals surface area (Å²) in [6, 6.07) is 10.5. The highest BCUT2D eigenvalue weighted by atomic mass is 16.2. The molecule has 2 saturated heterocycles. The van der Waals surface area contributed by atoms with Crippen LogP contribution in [0.25, 0.3) is 0 Å². The standard InChI is InChI=1S/C24H35N3O2/c1-25(2)13-6-14-27-18-24(10-9-22(27)28)11-15-26(16-12-24)23(29)21-17-20(21)19-7-4-3-5-8-19/h3-5,7-8,20-21H,6,9-18H2,1-2H3/t20-,21+/m0/s1. The zero-order valence-corrected chi connectivity index (χ0v) is 18.0. The van der Waals surface area contributed by atoms with Crippen molar-refractivity contribution < 1.29 is 9.59 Å². The van der Waals surface area contributed by atoms with E-state index in [-0.39, 0.29) is 11.3 Å². The van der Waals surface area contributed by atoms with Gasteiger partial charge >= 0.3 is 0 Å². The number of hydrogen-bond donors (Lipinski definition) is 0. The molecule has 0 aromatic heterocycles. The molecule has 5 nitrogen and oxygen atoms in total.